The van der Waals surface area contributed by atoms with Gasteiger partial charge in [-0.25, -0.2) is 4.98 Å². The van der Waals surface area contributed by atoms with Gasteiger partial charge in [0.05, 0.1) is 0 Å². The summed E-state index contributed by atoms with van der Waals surface area (Å²) in [4.78, 5) is 3.54. The summed E-state index contributed by atoms with van der Waals surface area (Å²) in [7, 11) is 0. The number of nitrogens with zero attached hydrogens (tertiary/aromatic N) is 1. The zero-order valence-corrected chi connectivity index (χ0v) is 4.48. The van der Waals surface area contributed by atoms with Crippen LogP contribution in [0.4, 0.5) is 0 Å². The van der Waals surface area contributed by atoms with Crippen LogP contribution in [-0.4, -0.2) is 15.2 Å². The quantitative estimate of drug-likeness (QED) is 0.482. The van der Waals surface area contributed by atoms with E-state index in [9.17, 15) is 0 Å². The molecule has 0 aromatic carbocycles. The van der Waals surface area contributed by atoms with E-state index in [0.717, 1.165) is 18.9 Å². The molecule has 0 amide bonds. The van der Waals surface area contributed by atoms with Crippen LogP contribution < -0.4 is 10.8 Å². The van der Waals surface area contributed by atoms with Crippen molar-refractivity contribution in [3.8, 4) is 0 Å². The number of rotatable bonds is 0. The molecule has 0 aliphatic heterocycles. The van der Waals surface area contributed by atoms with Gasteiger partial charge in [-0.2, -0.15) is 0 Å². The average molecular weight is 127 g/mol. The third-order valence-electron chi connectivity index (χ3n) is 0.863. The van der Waals surface area contributed by atoms with Gasteiger partial charge in [-0.3, -0.25) is 0 Å². The number of hydrogen-bond donors (Lipinski definition) is 2. The molecule has 0 saturated carbocycles. The molecule has 0 fully saturated rings. The van der Waals surface area contributed by atoms with Crippen LogP contribution in [-0.2, 0) is 0 Å². The standard InChI is InChI=1S/C5H5NO3/c7-1-4-5(2-8)9-3-6-4/h1-3,7-8H. The topological polar surface area (TPSA) is 66.5 Å². The van der Waals surface area contributed by atoms with Crippen molar-refractivity contribution in [2.45, 2.75) is 0 Å². The maximum absolute atomic E-state index is 8.36. The van der Waals surface area contributed by atoms with Crippen LogP contribution in [0.15, 0.2) is 10.8 Å². The van der Waals surface area contributed by atoms with Crippen molar-refractivity contribution in [1.29, 1.82) is 0 Å². The van der Waals surface area contributed by atoms with Crippen LogP contribution in [0.5, 0.6) is 0 Å². The second-order valence-corrected chi connectivity index (χ2v) is 1.36. The lowest BCUT2D eigenvalue weighted by Gasteiger charge is -1.68. The molecule has 4 nitrogen and oxygen atoms in total. The normalized spacial score (nSPS) is 14.7. The molecule has 48 valence electrons. The van der Waals surface area contributed by atoms with Gasteiger partial charge in [0.2, 0.25) is 0 Å². The van der Waals surface area contributed by atoms with Crippen molar-refractivity contribution in [2.75, 3.05) is 0 Å². The second-order valence-electron chi connectivity index (χ2n) is 1.36. The molecule has 0 aliphatic rings. The number of aliphatic hydroxyl groups excluding tert-OH is 2. The number of aromatic nitrogens is 1. The summed E-state index contributed by atoms with van der Waals surface area (Å²) < 4.78 is 4.60. The molecule has 2 N–H and O–H groups in total. The average Bonchev–Trinajstić information content (AvgIpc) is 2.33. The highest BCUT2D eigenvalue weighted by atomic mass is 16.3. The molecule has 0 saturated heterocycles. The van der Waals surface area contributed by atoms with E-state index in [1.165, 1.54) is 0 Å². The Morgan fingerprint density at radius 3 is 2.67 bits per heavy atom. The van der Waals surface area contributed by atoms with Crippen molar-refractivity contribution in [3.63, 3.8) is 0 Å². The summed E-state index contributed by atoms with van der Waals surface area (Å²) in [5, 5.41) is 16.9. The first-order valence-electron chi connectivity index (χ1n) is 2.27. The molecular weight excluding hydrogens is 122 g/mol. The van der Waals surface area contributed by atoms with Crippen LogP contribution in [0.3, 0.4) is 0 Å². The molecule has 0 aliphatic carbocycles. The Labute approximate surface area is 50.4 Å². The number of oxazole rings is 1. The van der Waals surface area contributed by atoms with Crippen LogP contribution >= 0.6 is 0 Å². The Bertz CT molecular complexity index is 259. The van der Waals surface area contributed by atoms with Gasteiger partial charge in [0.15, 0.2) is 11.8 Å². The fourth-order valence-electron chi connectivity index (χ4n) is 0.457. The molecule has 4 heteroatoms. The van der Waals surface area contributed by atoms with Gasteiger partial charge in [0, 0.05) is 0 Å². The van der Waals surface area contributed by atoms with Gasteiger partial charge in [0.25, 0.3) is 0 Å². The van der Waals surface area contributed by atoms with Gasteiger partial charge in [-0.1, -0.05) is 0 Å². The first kappa shape index (κ1) is 5.68. The minimum absolute atomic E-state index is 0.150. The van der Waals surface area contributed by atoms with Crippen LogP contribution in [0.25, 0.3) is 12.5 Å². The van der Waals surface area contributed by atoms with Crippen LogP contribution in [0.2, 0.25) is 0 Å². The SMILES string of the molecule is OC=c1ncoc1=CO. The van der Waals surface area contributed by atoms with Crippen molar-refractivity contribution in [3.05, 3.63) is 17.2 Å². The summed E-state index contributed by atoms with van der Waals surface area (Å²) >= 11 is 0. The lowest BCUT2D eigenvalue weighted by atomic mass is 10.6. The summed E-state index contributed by atoms with van der Waals surface area (Å²) in [6, 6.07) is 0. The Balaban J connectivity index is 3.50. The molecule has 0 unspecified atom stereocenters. The zero-order chi connectivity index (χ0) is 6.69. The van der Waals surface area contributed by atoms with Crippen LogP contribution in [0.1, 0.15) is 0 Å². The van der Waals surface area contributed by atoms with E-state index in [0.29, 0.717) is 0 Å². The molecule has 0 radical (unpaired) electrons. The molecule has 1 aromatic heterocycles. The van der Waals surface area contributed by atoms with E-state index >= 15 is 0 Å². The number of hydrogen-bond acceptors (Lipinski definition) is 4. The Morgan fingerprint density at radius 1 is 1.44 bits per heavy atom. The van der Waals surface area contributed by atoms with E-state index in [2.05, 4.69) is 9.40 Å². The summed E-state index contributed by atoms with van der Waals surface area (Å²) in [5.41, 5.74) is 0.150. The van der Waals surface area contributed by atoms with Crippen molar-refractivity contribution in [1.82, 2.24) is 4.98 Å². The predicted molar refractivity (Wildman–Crippen MR) is 29.9 cm³/mol. The minimum Gasteiger partial charge on any atom is -0.513 e. The van der Waals surface area contributed by atoms with E-state index in [1.807, 2.05) is 0 Å². The third-order valence-corrected chi connectivity index (χ3v) is 0.863. The van der Waals surface area contributed by atoms with E-state index in [1.54, 1.807) is 0 Å². The minimum atomic E-state index is 0.150. The highest BCUT2D eigenvalue weighted by Crippen LogP contribution is 1.59. The number of aliphatic hydroxyl groups is 2. The second kappa shape index (κ2) is 2.21. The van der Waals surface area contributed by atoms with Crippen molar-refractivity contribution < 1.29 is 14.6 Å². The van der Waals surface area contributed by atoms with Gasteiger partial charge in [-0.15, -0.1) is 0 Å². The summed E-state index contributed by atoms with van der Waals surface area (Å²) in [6.45, 7) is 0. The first-order chi connectivity index (χ1) is 4.38. The Morgan fingerprint density at radius 2 is 2.22 bits per heavy atom. The summed E-state index contributed by atoms with van der Waals surface area (Å²) in [6.07, 6.45) is 2.62. The first-order valence-corrected chi connectivity index (χ1v) is 2.27. The van der Waals surface area contributed by atoms with Crippen LogP contribution in [0, 0.1) is 0 Å². The van der Waals surface area contributed by atoms with Gasteiger partial charge in [0.1, 0.15) is 17.9 Å². The van der Waals surface area contributed by atoms with E-state index < -0.39 is 0 Å². The van der Waals surface area contributed by atoms with Gasteiger partial charge >= 0.3 is 0 Å². The maximum Gasteiger partial charge on any atom is 0.191 e. The monoisotopic (exact) mass is 127 g/mol. The maximum atomic E-state index is 8.36. The fourth-order valence-corrected chi connectivity index (χ4v) is 0.457. The van der Waals surface area contributed by atoms with E-state index in [-0.39, 0.29) is 10.8 Å². The smallest absolute Gasteiger partial charge is 0.191 e. The molecule has 1 aromatic rings. The third kappa shape index (κ3) is 0.861. The Kier molecular flexibility index (Phi) is 1.40. The molecule has 0 spiro atoms. The Hall–Kier alpha value is -1.45. The zero-order valence-electron chi connectivity index (χ0n) is 4.48. The molecule has 9 heavy (non-hydrogen) atoms. The molecule has 0 atom stereocenters. The highest BCUT2D eigenvalue weighted by Gasteiger charge is 1.86. The lowest BCUT2D eigenvalue weighted by Crippen LogP contribution is -2.21. The lowest BCUT2D eigenvalue weighted by molar-refractivity contribution is 0.476. The molecule has 1 rings (SSSR count). The van der Waals surface area contributed by atoms with Crippen molar-refractivity contribution in [2.24, 2.45) is 0 Å². The predicted octanol–water partition coefficient (Wildman–Crippen LogP) is -0.733. The highest BCUT2D eigenvalue weighted by molar-refractivity contribution is 5.10. The van der Waals surface area contributed by atoms with Crippen molar-refractivity contribution >= 4 is 12.5 Å². The molecule has 0 bridgehead atoms. The van der Waals surface area contributed by atoms with E-state index in [4.69, 9.17) is 10.2 Å². The fraction of sp³-hybridized carbons (Fsp3) is 0. The largest absolute Gasteiger partial charge is 0.513 e. The van der Waals surface area contributed by atoms with Gasteiger partial charge < -0.3 is 14.6 Å². The summed E-state index contributed by atoms with van der Waals surface area (Å²) in [5.74, 6) is 0. The molecular formula is C5H5NO3. The molecule has 1 heterocycles. The van der Waals surface area contributed by atoms with Gasteiger partial charge in [-0.05, 0) is 0 Å².